The molecule has 0 saturated heterocycles. The fourth-order valence-corrected chi connectivity index (χ4v) is 2.52. The van der Waals surface area contributed by atoms with E-state index in [-0.39, 0.29) is 5.41 Å². The van der Waals surface area contributed by atoms with Gasteiger partial charge in [0.05, 0.1) is 5.69 Å². The molecular weight excluding hydrogens is 230 g/mol. The van der Waals surface area contributed by atoms with Crippen LogP contribution in [0.2, 0.25) is 0 Å². The third-order valence-corrected chi connectivity index (χ3v) is 3.74. The van der Waals surface area contributed by atoms with Gasteiger partial charge in [-0.2, -0.15) is 0 Å². The Morgan fingerprint density at radius 1 is 1.00 bits per heavy atom. The molecule has 2 aromatic rings. The van der Waals surface area contributed by atoms with Crippen LogP contribution in [0.4, 0.5) is 0 Å². The van der Waals surface area contributed by atoms with Gasteiger partial charge in [-0.15, -0.1) is 0 Å². The molecule has 0 fully saturated rings. The summed E-state index contributed by atoms with van der Waals surface area (Å²) in [5.74, 6) is 0. The number of rotatable bonds is 1. The predicted octanol–water partition coefficient (Wildman–Crippen LogP) is 4.48. The first-order valence-corrected chi connectivity index (χ1v) is 6.79. The van der Waals surface area contributed by atoms with Crippen LogP contribution < -0.4 is 0 Å². The maximum atomic E-state index is 4.42. The number of fused-ring (bicyclic) bond motifs is 1. The van der Waals surface area contributed by atoms with Crippen LogP contribution in [0.25, 0.3) is 11.6 Å². The van der Waals surface area contributed by atoms with Gasteiger partial charge < -0.3 is 0 Å². The second kappa shape index (κ2) is 4.34. The minimum atomic E-state index is 0.215. The Labute approximate surface area is 115 Å². The van der Waals surface area contributed by atoms with Gasteiger partial charge in [0.2, 0.25) is 0 Å². The SMILES string of the molecule is CC(C)(C)c1ccc(C2=Cc3ncccc3C2)cc1. The molecule has 1 heterocycles. The highest BCUT2D eigenvalue weighted by Gasteiger charge is 2.16. The molecule has 1 nitrogen and oxygen atoms in total. The maximum Gasteiger partial charge on any atom is 0.0668 e. The van der Waals surface area contributed by atoms with Crippen LogP contribution in [-0.4, -0.2) is 4.98 Å². The van der Waals surface area contributed by atoms with E-state index in [2.05, 4.69) is 62.2 Å². The molecule has 1 aliphatic carbocycles. The van der Waals surface area contributed by atoms with Crippen molar-refractivity contribution in [3.8, 4) is 0 Å². The van der Waals surface area contributed by atoms with Gasteiger partial charge in [0.1, 0.15) is 0 Å². The largest absolute Gasteiger partial charge is 0.257 e. The molecule has 0 bridgehead atoms. The molecule has 1 aromatic carbocycles. The highest BCUT2D eigenvalue weighted by Crippen LogP contribution is 2.31. The topological polar surface area (TPSA) is 12.9 Å². The third-order valence-electron chi connectivity index (χ3n) is 3.74. The Kier molecular flexibility index (Phi) is 2.78. The van der Waals surface area contributed by atoms with Crippen LogP contribution in [0.5, 0.6) is 0 Å². The molecule has 96 valence electrons. The first-order valence-electron chi connectivity index (χ1n) is 6.79. The van der Waals surface area contributed by atoms with E-state index in [0.717, 1.165) is 12.1 Å². The van der Waals surface area contributed by atoms with Gasteiger partial charge in [0.15, 0.2) is 0 Å². The summed E-state index contributed by atoms with van der Waals surface area (Å²) in [6.07, 6.45) is 5.07. The molecule has 1 aliphatic rings. The summed E-state index contributed by atoms with van der Waals surface area (Å²) in [6.45, 7) is 6.74. The van der Waals surface area contributed by atoms with Crippen LogP contribution in [0.3, 0.4) is 0 Å². The zero-order valence-electron chi connectivity index (χ0n) is 11.8. The van der Waals surface area contributed by atoms with Crippen molar-refractivity contribution < 1.29 is 0 Å². The van der Waals surface area contributed by atoms with Crippen molar-refractivity contribution in [2.24, 2.45) is 0 Å². The summed E-state index contributed by atoms with van der Waals surface area (Å²) in [4.78, 5) is 4.42. The van der Waals surface area contributed by atoms with Crippen LogP contribution in [0.1, 0.15) is 43.2 Å². The molecule has 0 N–H and O–H groups in total. The number of hydrogen-bond donors (Lipinski definition) is 0. The number of allylic oxidation sites excluding steroid dienone is 1. The predicted molar refractivity (Wildman–Crippen MR) is 81.0 cm³/mol. The van der Waals surface area contributed by atoms with Crippen LogP contribution in [-0.2, 0) is 11.8 Å². The molecule has 3 rings (SSSR count). The molecule has 1 aromatic heterocycles. The van der Waals surface area contributed by atoms with Gasteiger partial charge in [-0.25, -0.2) is 0 Å². The van der Waals surface area contributed by atoms with E-state index in [1.54, 1.807) is 0 Å². The average molecular weight is 249 g/mol. The third kappa shape index (κ3) is 2.33. The van der Waals surface area contributed by atoms with Crippen molar-refractivity contribution in [3.63, 3.8) is 0 Å². The fourth-order valence-electron chi connectivity index (χ4n) is 2.52. The smallest absolute Gasteiger partial charge is 0.0668 e. The normalized spacial score (nSPS) is 14.2. The lowest BCUT2D eigenvalue weighted by Crippen LogP contribution is -2.10. The van der Waals surface area contributed by atoms with E-state index >= 15 is 0 Å². The van der Waals surface area contributed by atoms with Crippen molar-refractivity contribution in [1.82, 2.24) is 4.98 Å². The van der Waals surface area contributed by atoms with E-state index < -0.39 is 0 Å². The average Bonchev–Trinajstić information content (AvgIpc) is 2.81. The zero-order chi connectivity index (χ0) is 13.5. The lowest BCUT2D eigenvalue weighted by Gasteiger charge is -2.19. The minimum absolute atomic E-state index is 0.215. The molecular formula is C18H19N. The van der Waals surface area contributed by atoms with Crippen LogP contribution in [0.15, 0.2) is 42.6 Å². The van der Waals surface area contributed by atoms with Crippen molar-refractivity contribution in [2.75, 3.05) is 0 Å². The second-order valence-corrected chi connectivity index (χ2v) is 6.22. The van der Waals surface area contributed by atoms with Gasteiger partial charge in [0, 0.05) is 12.6 Å². The van der Waals surface area contributed by atoms with E-state index in [1.807, 2.05) is 12.3 Å². The molecule has 1 heteroatoms. The molecule has 0 radical (unpaired) electrons. The van der Waals surface area contributed by atoms with Crippen molar-refractivity contribution >= 4 is 11.6 Å². The number of pyridine rings is 1. The molecule has 19 heavy (non-hydrogen) atoms. The van der Waals surface area contributed by atoms with E-state index in [9.17, 15) is 0 Å². The van der Waals surface area contributed by atoms with Gasteiger partial charge in [-0.3, -0.25) is 4.98 Å². The van der Waals surface area contributed by atoms with Gasteiger partial charge >= 0.3 is 0 Å². The Hall–Kier alpha value is -1.89. The highest BCUT2D eigenvalue weighted by atomic mass is 14.7. The summed E-state index contributed by atoms with van der Waals surface area (Å²) in [5, 5.41) is 0. The first-order chi connectivity index (χ1) is 9.04. The van der Waals surface area contributed by atoms with Crippen molar-refractivity contribution in [3.05, 3.63) is 65.0 Å². The number of benzene rings is 1. The fraction of sp³-hybridized carbons (Fsp3) is 0.278. The second-order valence-electron chi connectivity index (χ2n) is 6.22. The Balaban J connectivity index is 1.90. The monoisotopic (exact) mass is 249 g/mol. The van der Waals surface area contributed by atoms with E-state index in [0.29, 0.717) is 0 Å². The standard InChI is InChI=1S/C18H19N/c1-18(2,3)16-8-6-13(7-9-16)15-11-14-5-4-10-19-17(14)12-15/h4-10,12H,11H2,1-3H3. The molecule has 0 atom stereocenters. The Bertz CT molecular complexity index is 627. The lowest BCUT2D eigenvalue weighted by molar-refractivity contribution is 0.590. The summed E-state index contributed by atoms with van der Waals surface area (Å²) >= 11 is 0. The zero-order valence-corrected chi connectivity index (χ0v) is 11.8. The Morgan fingerprint density at radius 2 is 1.74 bits per heavy atom. The molecule has 0 unspecified atom stereocenters. The van der Waals surface area contributed by atoms with E-state index in [4.69, 9.17) is 0 Å². The van der Waals surface area contributed by atoms with Crippen molar-refractivity contribution in [1.29, 1.82) is 0 Å². The summed E-state index contributed by atoms with van der Waals surface area (Å²) in [5.41, 5.74) is 6.73. The summed E-state index contributed by atoms with van der Waals surface area (Å²) in [7, 11) is 0. The number of aromatic nitrogens is 1. The van der Waals surface area contributed by atoms with Crippen molar-refractivity contribution in [2.45, 2.75) is 32.6 Å². The van der Waals surface area contributed by atoms with Crippen LogP contribution in [0, 0.1) is 0 Å². The molecule has 0 amide bonds. The highest BCUT2D eigenvalue weighted by molar-refractivity contribution is 5.87. The molecule has 0 spiro atoms. The quantitative estimate of drug-likeness (QED) is 0.726. The summed E-state index contributed by atoms with van der Waals surface area (Å²) < 4.78 is 0. The van der Waals surface area contributed by atoms with E-state index in [1.165, 1.54) is 22.3 Å². The number of nitrogens with zero attached hydrogens (tertiary/aromatic N) is 1. The van der Waals surface area contributed by atoms with Gasteiger partial charge in [-0.05, 0) is 39.8 Å². The minimum Gasteiger partial charge on any atom is -0.257 e. The summed E-state index contributed by atoms with van der Waals surface area (Å²) in [6, 6.07) is 13.1. The van der Waals surface area contributed by atoms with Crippen LogP contribution >= 0.6 is 0 Å². The maximum absolute atomic E-state index is 4.42. The first kappa shape index (κ1) is 12.2. The van der Waals surface area contributed by atoms with Gasteiger partial charge in [-0.1, -0.05) is 51.1 Å². The Morgan fingerprint density at radius 3 is 2.37 bits per heavy atom. The number of hydrogen-bond acceptors (Lipinski definition) is 1. The molecule has 0 aliphatic heterocycles. The van der Waals surface area contributed by atoms with Gasteiger partial charge in [0.25, 0.3) is 0 Å². The molecule has 0 saturated carbocycles. The lowest BCUT2D eigenvalue weighted by atomic mass is 9.86.